The maximum atomic E-state index is 12.2. The van der Waals surface area contributed by atoms with Crippen molar-refractivity contribution < 1.29 is 9.53 Å². The van der Waals surface area contributed by atoms with Crippen molar-refractivity contribution in [1.29, 1.82) is 0 Å². The predicted molar refractivity (Wildman–Crippen MR) is 94.5 cm³/mol. The lowest BCUT2D eigenvalue weighted by atomic mass is 10.3. The number of rotatable bonds is 7. The highest BCUT2D eigenvalue weighted by molar-refractivity contribution is 5.96. The van der Waals surface area contributed by atoms with Gasteiger partial charge in [-0.25, -0.2) is 14.6 Å². The second-order valence-electron chi connectivity index (χ2n) is 5.57. The highest BCUT2D eigenvalue weighted by atomic mass is 16.5. The van der Waals surface area contributed by atoms with E-state index in [-0.39, 0.29) is 5.91 Å². The molecule has 1 amide bonds. The van der Waals surface area contributed by atoms with E-state index in [9.17, 15) is 4.79 Å². The van der Waals surface area contributed by atoms with Crippen molar-refractivity contribution >= 4 is 11.7 Å². The molecular formula is C16H20N8O2. The summed E-state index contributed by atoms with van der Waals surface area (Å²) in [6.45, 7) is 2.83. The SMILES string of the molecule is COc1nn(C)cc1C(=O)NCCNc1cc(-n2ccc(C)n2)ncn1. The Balaban J connectivity index is 1.53. The molecule has 3 heterocycles. The third-order valence-electron chi connectivity index (χ3n) is 3.56. The highest BCUT2D eigenvalue weighted by Crippen LogP contribution is 2.14. The molecule has 0 atom stereocenters. The summed E-state index contributed by atoms with van der Waals surface area (Å²) < 4.78 is 8.30. The molecule has 3 aromatic heterocycles. The average Bonchev–Trinajstić information content (AvgIpc) is 3.24. The Hall–Kier alpha value is -3.43. The summed E-state index contributed by atoms with van der Waals surface area (Å²) in [6.07, 6.45) is 4.92. The number of aryl methyl sites for hydroxylation is 2. The topological polar surface area (TPSA) is 112 Å². The number of anilines is 1. The quantitative estimate of drug-likeness (QED) is 0.595. The van der Waals surface area contributed by atoms with Gasteiger partial charge in [-0.2, -0.15) is 5.10 Å². The molecular weight excluding hydrogens is 336 g/mol. The van der Waals surface area contributed by atoms with Crippen LogP contribution < -0.4 is 15.4 Å². The summed E-state index contributed by atoms with van der Waals surface area (Å²) in [5.74, 6) is 1.37. The fourth-order valence-electron chi connectivity index (χ4n) is 2.35. The standard InChI is InChI=1S/C16H20N8O2/c1-11-4-7-24(21-11)14-8-13(19-10-20-14)17-5-6-18-15(25)12-9-23(2)22-16(12)26-3/h4,7-10H,5-6H2,1-3H3,(H,18,25)(H,17,19,20). The number of ether oxygens (including phenoxy) is 1. The van der Waals surface area contributed by atoms with Crippen LogP contribution >= 0.6 is 0 Å². The minimum Gasteiger partial charge on any atom is -0.479 e. The molecule has 0 radical (unpaired) electrons. The van der Waals surface area contributed by atoms with Gasteiger partial charge in [0.2, 0.25) is 5.88 Å². The van der Waals surface area contributed by atoms with Crippen molar-refractivity contribution in [3.63, 3.8) is 0 Å². The van der Waals surface area contributed by atoms with Gasteiger partial charge in [-0.15, -0.1) is 5.10 Å². The van der Waals surface area contributed by atoms with Gasteiger partial charge in [0.05, 0.1) is 12.8 Å². The predicted octanol–water partition coefficient (Wildman–Crippen LogP) is 0.555. The minimum absolute atomic E-state index is 0.243. The molecule has 3 aromatic rings. The summed E-state index contributed by atoms with van der Waals surface area (Å²) in [6, 6.07) is 3.69. The lowest BCUT2D eigenvalue weighted by molar-refractivity contribution is 0.0952. The molecule has 10 nitrogen and oxygen atoms in total. The zero-order valence-corrected chi connectivity index (χ0v) is 14.8. The van der Waals surface area contributed by atoms with E-state index in [1.54, 1.807) is 24.0 Å². The molecule has 0 saturated heterocycles. The van der Waals surface area contributed by atoms with Crippen molar-refractivity contribution in [2.45, 2.75) is 6.92 Å². The van der Waals surface area contributed by atoms with E-state index in [1.807, 2.05) is 19.2 Å². The molecule has 26 heavy (non-hydrogen) atoms. The van der Waals surface area contributed by atoms with Crippen LogP contribution in [-0.4, -0.2) is 55.6 Å². The van der Waals surface area contributed by atoms with Gasteiger partial charge in [0.15, 0.2) is 5.82 Å². The van der Waals surface area contributed by atoms with Gasteiger partial charge in [-0.3, -0.25) is 9.48 Å². The van der Waals surface area contributed by atoms with Gasteiger partial charge in [0, 0.05) is 38.6 Å². The maximum Gasteiger partial charge on any atom is 0.258 e. The molecule has 0 saturated carbocycles. The van der Waals surface area contributed by atoms with Crippen LogP contribution in [0.5, 0.6) is 5.88 Å². The van der Waals surface area contributed by atoms with Crippen molar-refractivity contribution in [3.8, 4) is 11.7 Å². The summed E-state index contributed by atoms with van der Waals surface area (Å²) in [5.41, 5.74) is 1.31. The van der Waals surface area contributed by atoms with Crippen molar-refractivity contribution in [1.82, 2.24) is 34.8 Å². The lowest BCUT2D eigenvalue weighted by Gasteiger charge is -2.08. The lowest BCUT2D eigenvalue weighted by Crippen LogP contribution is -2.29. The Kier molecular flexibility index (Phi) is 5.11. The Morgan fingerprint density at radius 1 is 1.27 bits per heavy atom. The first-order valence-electron chi connectivity index (χ1n) is 8.01. The number of carbonyl (C=O) groups is 1. The smallest absolute Gasteiger partial charge is 0.258 e. The molecule has 0 bridgehead atoms. The van der Waals surface area contributed by atoms with Gasteiger partial charge in [0.1, 0.15) is 17.7 Å². The molecule has 0 fully saturated rings. The summed E-state index contributed by atoms with van der Waals surface area (Å²) in [7, 11) is 3.21. The van der Waals surface area contributed by atoms with E-state index < -0.39 is 0 Å². The number of amides is 1. The molecule has 0 spiro atoms. The average molecular weight is 356 g/mol. The molecule has 136 valence electrons. The number of nitrogens with zero attached hydrogens (tertiary/aromatic N) is 6. The summed E-state index contributed by atoms with van der Waals surface area (Å²) in [5, 5.41) is 14.3. The Bertz CT molecular complexity index is 901. The first-order chi connectivity index (χ1) is 12.6. The Morgan fingerprint density at radius 3 is 2.85 bits per heavy atom. The number of nitrogens with one attached hydrogen (secondary N) is 2. The molecule has 0 aromatic carbocycles. The largest absolute Gasteiger partial charge is 0.479 e. The molecule has 0 unspecified atom stereocenters. The zero-order chi connectivity index (χ0) is 18.5. The monoisotopic (exact) mass is 356 g/mol. The van der Waals surface area contributed by atoms with Crippen LogP contribution in [0.1, 0.15) is 16.1 Å². The first kappa shape index (κ1) is 17.4. The van der Waals surface area contributed by atoms with Crippen molar-refractivity contribution in [3.05, 3.63) is 42.1 Å². The van der Waals surface area contributed by atoms with Crippen LogP contribution in [-0.2, 0) is 7.05 Å². The Morgan fingerprint density at radius 2 is 2.12 bits per heavy atom. The van der Waals surface area contributed by atoms with Crippen LogP contribution in [0, 0.1) is 6.92 Å². The number of methoxy groups -OCH3 is 1. The van der Waals surface area contributed by atoms with Crippen molar-refractivity contribution in [2.24, 2.45) is 7.05 Å². The molecule has 3 rings (SSSR count). The third-order valence-corrected chi connectivity index (χ3v) is 3.56. The third kappa shape index (κ3) is 3.97. The van der Waals surface area contributed by atoms with E-state index >= 15 is 0 Å². The highest BCUT2D eigenvalue weighted by Gasteiger charge is 2.15. The van der Waals surface area contributed by atoms with Gasteiger partial charge in [0.25, 0.3) is 5.91 Å². The summed E-state index contributed by atoms with van der Waals surface area (Å²) in [4.78, 5) is 20.5. The molecule has 10 heteroatoms. The van der Waals surface area contributed by atoms with Gasteiger partial charge in [-0.1, -0.05) is 0 Å². The molecule has 0 aliphatic heterocycles. The van der Waals surface area contributed by atoms with E-state index in [2.05, 4.69) is 30.8 Å². The number of hydrogen-bond donors (Lipinski definition) is 2. The van der Waals surface area contributed by atoms with Gasteiger partial charge < -0.3 is 15.4 Å². The summed E-state index contributed by atoms with van der Waals surface area (Å²) >= 11 is 0. The van der Waals surface area contributed by atoms with Gasteiger partial charge >= 0.3 is 0 Å². The zero-order valence-electron chi connectivity index (χ0n) is 14.8. The van der Waals surface area contributed by atoms with Crippen LogP contribution in [0.25, 0.3) is 5.82 Å². The van der Waals surface area contributed by atoms with Crippen molar-refractivity contribution in [2.75, 3.05) is 25.5 Å². The second kappa shape index (κ2) is 7.64. The number of aromatic nitrogens is 6. The first-order valence-corrected chi connectivity index (χ1v) is 8.01. The molecule has 0 aliphatic carbocycles. The van der Waals surface area contributed by atoms with E-state index in [0.717, 1.165) is 5.69 Å². The van der Waals surface area contributed by atoms with Crippen LogP contribution in [0.3, 0.4) is 0 Å². The second-order valence-corrected chi connectivity index (χ2v) is 5.57. The minimum atomic E-state index is -0.243. The van der Waals surface area contributed by atoms with Crippen LogP contribution in [0.4, 0.5) is 5.82 Å². The van der Waals surface area contributed by atoms with E-state index in [1.165, 1.54) is 18.1 Å². The molecule has 2 N–H and O–H groups in total. The molecule has 0 aliphatic rings. The number of carbonyl (C=O) groups excluding carboxylic acids is 1. The van der Waals surface area contributed by atoms with E-state index in [4.69, 9.17) is 4.74 Å². The fourth-order valence-corrected chi connectivity index (χ4v) is 2.35. The van der Waals surface area contributed by atoms with E-state index in [0.29, 0.717) is 36.2 Å². The van der Waals surface area contributed by atoms with Crippen LogP contribution in [0.15, 0.2) is 30.9 Å². The van der Waals surface area contributed by atoms with Gasteiger partial charge in [-0.05, 0) is 13.0 Å². The number of hydrogen-bond acceptors (Lipinski definition) is 7. The Labute approximate surface area is 150 Å². The maximum absolute atomic E-state index is 12.2. The normalized spacial score (nSPS) is 10.6. The van der Waals surface area contributed by atoms with Crippen LogP contribution in [0.2, 0.25) is 0 Å². The fraction of sp³-hybridized carbons (Fsp3) is 0.312.